The van der Waals surface area contributed by atoms with Crippen LogP contribution >= 0.6 is 0 Å². The van der Waals surface area contributed by atoms with Gasteiger partial charge in [0.05, 0.1) is 18.8 Å². The molecule has 1 N–H and O–H groups in total. The van der Waals surface area contributed by atoms with Gasteiger partial charge < -0.3 is 14.6 Å². The van der Waals surface area contributed by atoms with Crippen LogP contribution in [-0.2, 0) is 30.5 Å². The molecule has 0 aliphatic rings. The van der Waals surface area contributed by atoms with Gasteiger partial charge in [0.15, 0.2) is 0 Å². The molecule has 0 fully saturated rings. The molecule has 23 heavy (non-hydrogen) atoms. The number of hydrogen-bond acceptors (Lipinski definition) is 5. The van der Waals surface area contributed by atoms with Gasteiger partial charge in [-0.2, -0.15) is 0 Å². The van der Waals surface area contributed by atoms with Gasteiger partial charge in [-0.15, -0.1) is 0 Å². The minimum atomic E-state index is -1.23. The van der Waals surface area contributed by atoms with Crippen molar-refractivity contribution < 1.29 is 29.0 Å². The van der Waals surface area contributed by atoms with Gasteiger partial charge in [0.2, 0.25) is 0 Å². The number of carboxylic acid groups (broad SMARTS) is 1. The van der Waals surface area contributed by atoms with E-state index < -0.39 is 29.4 Å². The van der Waals surface area contributed by atoms with Crippen molar-refractivity contribution in [2.75, 3.05) is 0 Å². The first-order valence-corrected chi connectivity index (χ1v) is 7.31. The predicted molar refractivity (Wildman–Crippen MR) is 82.4 cm³/mol. The fraction of sp³-hybridized carbons (Fsp3) is 0.471. The van der Waals surface area contributed by atoms with Crippen LogP contribution in [0.25, 0.3) is 0 Å². The summed E-state index contributed by atoms with van der Waals surface area (Å²) in [7, 11) is 0. The molecule has 1 atom stereocenters. The highest BCUT2D eigenvalue weighted by Crippen LogP contribution is 2.16. The Labute approximate surface area is 135 Å². The van der Waals surface area contributed by atoms with Gasteiger partial charge in [-0.25, -0.2) is 0 Å². The van der Waals surface area contributed by atoms with Crippen LogP contribution in [0.2, 0.25) is 0 Å². The third-order valence-corrected chi connectivity index (χ3v) is 2.84. The minimum absolute atomic E-state index is 0.0679. The Kier molecular flexibility index (Phi) is 6.75. The summed E-state index contributed by atoms with van der Waals surface area (Å²) in [4.78, 5) is 34.7. The molecule has 1 unspecified atom stereocenters. The Morgan fingerprint density at radius 1 is 1.04 bits per heavy atom. The normalized spacial score (nSPS) is 12.3. The molecule has 1 aromatic rings. The van der Waals surface area contributed by atoms with E-state index in [1.165, 1.54) is 0 Å². The lowest BCUT2D eigenvalue weighted by molar-refractivity contribution is -0.161. The number of esters is 2. The maximum absolute atomic E-state index is 11.8. The quantitative estimate of drug-likeness (QED) is 0.776. The van der Waals surface area contributed by atoms with Crippen LogP contribution in [0.1, 0.15) is 39.2 Å². The van der Waals surface area contributed by atoms with E-state index in [0.717, 1.165) is 5.56 Å². The largest absolute Gasteiger partial charge is 0.481 e. The van der Waals surface area contributed by atoms with E-state index in [1.54, 1.807) is 32.9 Å². The van der Waals surface area contributed by atoms with Gasteiger partial charge in [-0.3, -0.25) is 14.4 Å². The minimum Gasteiger partial charge on any atom is -0.481 e. The van der Waals surface area contributed by atoms with Crippen molar-refractivity contribution in [2.45, 2.75) is 45.8 Å². The van der Waals surface area contributed by atoms with Crippen molar-refractivity contribution in [1.82, 2.24) is 0 Å². The molecule has 0 aliphatic carbocycles. The average molecular weight is 322 g/mol. The zero-order valence-electron chi connectivity index (χ0n) is 13.6. The Balaban J connectivity index is 2.50. The Morgan fingerprint density at radius 3 is 2.13 bits per heavy atom. The lowest BCUT2D eigenvalue weighted by Gasteiger charge is -2.20. The van der Waals surface area contributed by atoms with Crippen molar-refractivity contribution in [3.8, 4) is 0 Å². The third-order valence-electron chi connectivity index (χ3n) is 2.84. The number of carbonyl (C=O) groups is 3. The van der Waals surface area contributed by atoms with Crippen LogP contribution in [-0.4, -0.2) is 28.6 Å². The molecule has 0 bridgehead atoms. The molecule has 1 aromatic carbocycles. The Bertz CT molecular complexity index is 544. The predicted octanol–water partition coefficient (Wildman–Crippen LogP) is 2.55. The summed E-state index contributed by atoms with van der Waals surface area (Å²) in [5.74, 6) is -3.70. The van der Waals surface area contributed by atoms with Gasteiger partial charge >= 0.3 is 17.9 Å². The van der Waals surface area contributed by atoms with Crippen molar-refractivity contribution in [3.05, 3.63) is 35.9 Å². The summed E-state index contributed by atoms with van der Waals surface area (Å²) in [5.41, 5.74) is 0.105. The van der Waals surface area contributed by atoms with Crippen molar-refractivity contribution in [3.63, 3.8) is 0 Å². The molecule has 1 rings (SSSR count). The summed E-state index contributed by atoms with van der Waals surface area (Å²) in [6.45, 7) is 5.14. The first-order chi connectivity index (χ1) is 10.7. The molecule has 0 radical (unpaired) electrons. The molecule has 126 valence electrons. The van der Waals surface area contributed by atoms with Crippen LogP contribution < -0.4 is 0 Å². The summed E-state index contributed by atoms with van der Waals surface area (Å²) in [6, 6.07) is 9.05. The van der Waals surface area contributed by atoms with Gasteiger partial charge in [-0.1, -0.05) is 30.3 Å². The summed E-state index contributed by atoms with van der Waals surface area (Å²) in [5, 5.41) is 9.14. The number of carbonyl (C=O) groups excluding carboxylic acids is 2. The molecule has 6 nitrogen and oxygen atoms in total. The number of hydrogen-bond donors (Lipinski definition) is 1. The van der Waals surface area contributed by atoms with E-state index in [-0.39, 0.29) is 19.4 Å². The Hall–Kier alpha value is -2.37. The summed E-state index contributed by atoms with van der Waals surface area (Å²) < 4.78 is 10.1. The third kappa shape index (κ3) is 7.99. The molecule has 0 aliphatic heterocycles. The van der Waals surface area contributed by atoms with Crippen LogP contribution in [0.4, 0.5) is 0 Å². The summed E-state index contributed by atoms with van der Waals surface area (Å²) in [6.07, 6.45) is -0.742. The fourth-order valence-corrected chi connectivity index (χ4v) is 1.83. The molecule has 0 amide bonds. The van der Waals surface area contributed by atoms with Gasteiger partial charge in [0.25, 0.3) is 0 Å². The number of benzene rings is 1. The summed E-state index contributed by atoms with van der Waals surface area (Å²) >= 11 is 0. The average Bonchev–Trinajstić information content (AvgIpc) is 2.43. The smallest absolute Gasteiger partial charge is 0.307 e. The van der Waals surface area contributed by atoms with Crippen molar-refractivity contribution in [2.24, 2.45) is 5.92 Å². The second-order valence-corrected chi connectivity index (χ2v) is 6.18. The molecule has 0 heterocycles. The molecule has 0 spiro atoms. The van der Waals surface area contributed by atoms with E-state index in [2.05, 4.69) is 0 Å². The maximum Gasteiger partial charge on any atom is 0.307 e. The maximum atomic E-state index is 11.8. The zero-order valence-corrected chi connectivity index (χ0v) is 13.6. The number of ether oxygens (including phenoxy) is 2. The van der Waals surface area contributed by atoms with E-state index in [0.29, 0.717) is 0 Å². The second kappa shape index (κ2) is 8.31. The first-order valence-electron chi connectivity index (χ1n) is 7.31. The first kappa shape index (κ1) is 18.7. The standard InChI is InChI=1S/C17H22O6/c1-17(2,3)23-15(19)10-13(16(20)21)9-14(18)22-11-12-7-5-4-6-8-12/h4-8,13H,9-11H2,1-3H3,(H,20,21). The molecule has 6 heteroatoms. The molecule has 0 saturated carbocycles. The van der Waals surface area contributed by atoms with Crippen LogP contribution in [0.15, 0.2) is 30.3 Å². The second-order valence-electron chi connectivity index (χ2n) is 6.18. The highest BCUT2D eigenvalue weighted by molar-refractivity contribution is 5.83. The van der Waals surface area contributed by atoms with E-state index in [9.17, 15) is 14.4 Å². The fourth-order valence-electron chi connectivity index (χ4n) is 1.83. The van der Waals surface area contributed by atoms with Crippen molar-refractivity contribution in [1.29, 1.82) is 0 Å². The zero-order chi connectivity index (χ0) is 17.5. The van der Waals surface area contributed by atoms with Crippen LogP contribution in [0, 0.1) is 5.92 Å². The van der Waals surface area contributed by atoms with Gasteiger partial charge in [-0.05, 0) is 26.3 Å². The lowest BCUT2D eigenvalue weighted by atomic mass is 10.0. The van der Waals surface area contributed by atoms with Gasteiger partial charge in [0, 0.05) is 0 Å². The number of aliphatic carboxylic acids is 1. The highest BCUT2D eigenvalue weighted by Gasteiger charge is 2.27. The van der Waals surface area contributed by atoms with Crippen LogP contribution in [0.3, 0.4) is 0 Å². The highest BCUT2D eigenvalue weighted by atomic mass is 16.6. The number of rotatable bonds is 7. The molecule has 0 aromatic heterocycles. The van der Waals surface area contributed by atoms with E-state index in [1.807, 2.05) is 18.2 Å². The molecular formula is C17H22O6. The van der Waals surface area contributed by atoms with E-state index in [4.69, 9.17) is 14.6 Å². The molecular weight excluding hydrogens is 300 g/mol. The number of carboxylic acids is 1. The van der Waals surface area contributed by atoms with Crippen molar-refractivity contribution >= 4 is 17.9 Å². The monoisotopic (exact) mass is 322 g/mol. The Morgan fingerprint density at radius 2 is 1.61 bits per heavy atom. The SMILES string of the molecule is CC(C)(C)OC(=O)CC(CC(=O)OCc1ccccc1)C(=O)O. The lowest BCUT2D eigenvalue weighted by Crippen LogP contribution is -2.28. The molecule has 0 saturated heterocycles. The van der Waals surface area contributed by atoms with Crippen LogP contribution in [0.5, 0.6) is 0 Å². The topological polar surface area (TPSA) is 89.9 Å². The van der Waals surface area contributed by atoms with Gasteiger partial charge in [0.1, 0.15) is 12.2 Å². The van der Waals surface area contributed by atoms with E-state index >= 15 is 0 Å².